The van der Waals surface area contributed by atoms with Crippen molar-refractivity contribution in [1.29, 1.82) is 0 Å². The van der Waals surface area contributed by atoms with Gasteiger partial charge in [0.25, 0.3) is 0 Å². The Labute approximate surface area is 139 Å². The molecule has 0 radical (unpaired) electrons. The first kappa shape index (κ1) is 15.5. The summed E-state index contributed by atoms with van der Waals surface area (Å²) in [4.78, 5) is 12.4. The van der Waals surface area contributed by atoms with E-state index in [-0.39, 0.29) is 12.3 Å². The van der Waals surface area contributed by atoms with E-state index in [1.165, 1.54) is 0 Å². The normalized spacial score (nSPS) is 12.6. The number of rotatable bonds is 5. The Morgan fingerprint density at radius 1 is 1.17 bits per heavy atom. The number of nitrogens with one attached hydrogen (secondary N) is 1. The monoisotopic (exact) mass is 333 g/mol. The summed E-state index contributed by atoms with van der Waals surface area (Å²) in [5.41, 5.74) is 1.23. The molecule has 120 valence electrons. The van der Waals surface area contributed by atoms with Gasteiger partial charge in [-0.25, -0.2) is 0 Å². The van der Waals surface area contributed by atoms with Gasteiger partial charge in [-0.15, -0.1) is 0 Å². The van der Waals surface area contributed by atoms with Crippen molar-refractivity contribution in [3.63, 3.8) is 0 Å². The van der Waals surface area contributed by atoms with Gasteiger partial charge in [-0.3, -0.25) is 4.79 Å². The zero-order valence-corrected chi connectivity index (χ0v) is 13.4. The van der Waals surface area contributed by atoms with Crippen LogP contribution in [0.3, 0.4) is 0 Å². The van der Waals surface area contributed by atoms with E-state index in [1.54, 1.807) is 43.5 Å². The van der Waals surface area contributed by atoms with Gasteiger partial charge in [-0.05, 0) is 36.4 Å². The molecular weight excluding hydrogens is 318 g/mol. The van der Waals surface area contributed by atoms with Crippen molar-refractivity contribution in [2.24, 2.45) is 0 Å². The number of fused-ring (bicyclic) bond motifs is 1. The van der Waals surface area contributed by atoms with Crippen LogP contribution in [-0.4, -0.2) is 32.7 Å². The second kappa shape index (κ2) is 6.79. The van der Waals surface area contributed by atoms with E-state index in [0.29, 0.717) is 46.7 Å². The third kappa shape index (κ3) is 3.51. The predicted molar refractivity (Wildman–Crippen MR) is 88.3 cm³/mol. The van der Waals surface area contributed by atoms with Gasteiger partial charge in [0, 0.05) is 10.6 Å². The number of ether oxygens (including phenoxy) is 3. The van der Waals surface area contributed by atoms with Crippen LogP contribution < -0.4 is 19.5 Å². The summed E-state index contributed by atoms with van der Waals surface area (Å²) in [5, 5.41) is 3.62. The molecule has 1 heterocycles. The maximum absolute atomic E-state index is 12.4. The van der Waals surface area contributed by atoms with Gasteiger partial charge in [-0.1, -0.05) is 11.6 Å². The van der Waals surface area contributed by atoms with Crippen LogP contribution in [-0.2, 0) is 0 Å². The summed E-state index contributed by atoms with van der Waals surface area (Å²) in [6.45, 7) is 1.13. The largest absolute Gasteiger partial charge is 0.495 e. The molecule has 0 atom stereocenters. The van der Waals surface area contributed by atoms with Gasteiger partial charge in [0.2, 0.25) is 0 Å². The van der Waals surface area contributed by atoms with Gasteiger partial charge < -0.3 is 19.5 Å². The lowest BCUT2D eigenvalue weighted by atomic mass is 10.1. The first-order valence-corrected chi connectivity index (χ1v) is 7.55. The van der Waals surface area contributed by atoms with E-state index in [4.69, 9.17) is 25.8 Å². The molecule has 0 saturated heterocycles. The molecule has 0 fully saturated rings. The maximum atomic E-state index is 12.4. The summed E-state index contributed by atoms with van der Waals surface area (Å²) < 4.78 is 16.2. The molecule has 0 amide bonds. The van der Waals surface area contributed by atoms with Crippen LogP contribution >= 0.6 is 11.6 Å². The van der Waals surface area contributed by atoms with Crippen molar-refractivity contribution in [2.75, 3.05) is 32.2 Å². The van der Waals surface area contributed by atoms with E-state index in [1.807, 2.05) is 0 Å². The second-order valence-electron chi connectivity index (χ2n) is 4.98. The average Bonchev–Trinajstić information content (AvgIpc) is 2.59. The van der Waals surface area contributed by atoms with Crippen LogP contribution in [0.4, 0.5) is 5.69 Å². The maximum Gasteiger partial charge on any atom is 0.181 e. The first-order chi connectivity index (χ1) is 11.2. The molecule has 5 nitrogen and oxygen atoms in total. The fraction of sp³-hybridized carbons (Fsp3) is 0.235. The highest BCUT2D eigenvalue weighted by atomic mass is 35.5. The van der Waals surface area contributed by atoms with Crippen molar-refractivity contribution < 1.29 is 19.0 Å². The Kier molecular flexibility index (Phi) is 4.57. The minimum atomic E-state index is -0.0657. The van der Waals surface area contributed by atoms with E-state index >= 15 is 0 Å². The highest BCUT2D eigenvalue weighted by Gasteiger charge is 2.15. The van der Waals surface area contributed by atoms with Gasteiger partial charge >= 0.3 is 0 Å². The Balaban J connectivity index is 1.71. The van der Waals surface area contributed by atoms with Crippen LogP contribution in [0.5, 0.6) is 17.2 Å². The topological polar surface area (TPSA) is 56.8 Å². The van der Waals surface area contributed by atoms with Gasteiger partial charge in [0.05, 0.1) is 19.3 Å². The lowest BCUT2D eigenvalue weighted by molar-refractivity contribution is 0.100. The molecule has 1 N–H and O–H groups in total. The van der Waals surface area contributed by atoms with E-state index in [2.05, 4.69) is 5.32 Å². The lowest BCUT2D eigenvalue weighted by Gasteiger charge is -2.18. The standard InChI is InChI=1S/C17H16ClNO4/c1-21-15-5-3-12(18)9-13(15)19-10-14(20)11-2-4-16-17(8-11)23-7-6-22-16/h2-5,8-9,19H,6-7,10H2,1H3. The highest BCUT2D eigenvalue weighted by molar-refractivity contribution is 6.31. The molecule has 23 heavy (non-hydrogen) atoms. The van der Waals surface area contributed by atoms with Crippen molar-refractivity contribution in [3.05, 3.63) is 47.0 Å². The molecule has 0 aromatic heterocycles. The van der Waals surface area contributed by atoms with Crippen molar-refractivity contribution >= 4 is 23.1 Å². The zero-order valence-electron chi connectivity index (χ0n) is 12.6. The van der Waals surface area contributed by atoms with Crippen molar-refractivity contribution in [3.8, 4) is 17.2 Å². The predicted octanol–water partition coefficient (Wildman–Crippen LogP) is 3.41. The summed E-state index contributed by atoms with van der Waals surface area (Å²) in [5.74, 6) is 1.83. The fourth-order valence-corrected chi connectivity index (χ4v) is 2.48. The zero-order chi connectivity index (χ0) is 16.2. The minimum Gasteiger partial charge on any atom is -0.495 e. The molecule has 0 spiro atoms. The summed E-state index contributed by atoms with van der Waals surface area (Å²) in [6, 6.07) is 10.4. The summed E-state index contributed by atoms with van der Waals surface area (Å²) in [6.07, 6.45) is 0. The molecule has 0 unspecified atom stereocenters. The van der Waals surface area contributed by atoms with Crippen LogP contribution in [0, 0.1) is 0 Å². The Morgan fingerprint density at radius 3 is 2.74 bits per heavy atom. The number of ketones is 1. The number of anilines is 1. The third-order valence-electron chi connectivity index (χ3n) is 3.47. The lowest BCUT2D eigenvalue weighted by Crippen LogP contribution is -2.17. The van der Waals surface area contributed by atoms with Gasteiger partial charge in [0.1, 0.15) is 19.0 Å². The number of Topliss-reactive ketones (excluding diaryl/α,β-unsaturated/α-hetero) is 1. The minimum absolute atomic E-state index is 0.0657. The number of halogens is 1. The van der Waals surface area contributed by atoms with Crippen molar-refractivity contribution in [1.82, 2.24) is 0 Å². The van der Waals surface area contributed by atoms with E-state index < -0.39 is 0 Å². The summed E-state index contributed by atoms with van der Waals surface area (Å²) in [7, 11) is 1.57. The number of carbonyl (C=O) groups is 1. The van der Waals surface area contributed by atoms with Crippen LogP contribution in [0.2, 0.25) is 5.02 Å². The van der Waals surface area contributed by atoms with Gasteiger partial charge in [-0.2, -0.15) is 0 Å². The Bertz CT molecular complexity index is 733. The SMILES string of the molecule is COc1ccc(Cl)cc1NCC(=O)c1ccc2c(c1)OCCO2. The Morgan fingerprint density at radius 2 is 1.96 bits per heavy atom. The smallest absolute Gasteiger partial charge is 0.181 e. The van der Waals surface area contributed by atoms with E-state index in [9.17, 15) is 4.79 Å². The third-order valence-corrected chi connectivity index (χ3v) is 3.70. The summed E-state index contributed by atoms with van der Waals surface area (Å²) >= 11 is 5.97. The average molecular weight is 334 g/mol. The number of hydrogen-bond acceptors (Lipinski definition) is 5. The van der Waals surface area contributed by atoms with Crippen LogP contribution in [0.15, 0.2) is 36.4 Å². The van der Waals surface area contributed by atoms with E-state index in [0.717, 1.165) is 0 Å². The molecule has 2 aromatic carbocycles. The number of hydrogen-bond donors (Lipinski definition) is 1. The molecule has 6 heteroatoms. The number of methoxy groups -OCH3 is 1. The molecule has 0 bridgehead atoms. The Hall–Kier alpha value is -2.40. The number of benzene rings is 2. The molecule has 0 saturated carbocycles. The van der Waals surface area contributed by atoms with Gasteiger partial charge in [0.15, 0.2) is 17.3 Å². The molecule has 3 rings (SSSR count). The quantitative estimate of drug-likeness (QED) is 0.850. The molecule has 1 aliphatic heterocycles. The molecule has 2 aromatic rings. The highest BCUT2D eigenvalue weighted by Crippen LogP contribution is 2.31. The molecular formula is C17H16ClNO4. The fourth-order valence-electron chi connectivity index (χ4n) is 2.31. The van der Waals surface area contributed by atoms with Crippen LogP contribution in [0.1, 0.15) is 10.4 Å². The van der Waals surface area contributed by atoms with Crippen LogP contribution in [0.25, 0.3) is 0 Å². The first-order valence-electron chi connectivity index (χ1n) is 7.17. The van der Waals surface area contributed by atoms with Crippen molar-refractivity contribution in [2.45, 2.75) is 0 Å². The molecule has 1 aliphatic rings. The number of carbonyl (C=O) groups excluding carboxylic acids is 1. The molecule has 0 aliphatic carbocycles. The second-order valence-corrected chi connectivity index (χ2v) is 5.42.